The highest BCUT2D eigenvalue weighted by atomic mass is 16.6. The Bertz CT molecular complexity index is 713. The lowest BCUT2D eigenvalue weighted by molar-refractivity contribution is -0.163. The van der Waals surface area contributed by atoms with E-state index in [-0.39, 0.29) is 12.7 Å². The number of aliphatic hydroxyl groups excluding tert-OH is 1. The van der Waals surface area contributed by atoms with Crippen LogP contribution >= 0.6 is 0 Å². The number of esters is 1. The molecular formula is C22H30O6. The fourth-order valence-corrected chi connectivity index (χ4v) is 4.75. The van der Waals surface area contributed by atoms with Crippen molar-refractivity contribution in [2.45, 2.75) is 64.6 Å². The molecule has 1 aromatic rings. The lowest BCUT2D eigenvalue weighted by atomic mass is 9.73. The molecule has 1 aromatic carbocycles. The zero-order chi connectivity index (χ0) is 20.3. The van der Waals surface area contributed by atoms with E-state index in [9.17, 15) is 14.7 Å². The Morgan fingerprint density at radius 3 is 2.71 bits per heavy atom. The maximum Gasteiger partial charge on any atom is 0.345 e. The first-order chi connectivity index (χ1) is 13.3. The van der Waals surface area contributed by atoms with Gasteiger partial charge in [0.15, 0.2) is 12.7 Å². The first kappa shape index (κ1) is 20.6. The lowest BCUT2D eigenvalue weighted by Gasteiger charge is -2.32. The summed E-state index contributed by atoms with van der Waals surface area (Å²) in [6.07, 6.45) is 4.90. The summed E-state index contributed by atoms with van der Waals surface area (Å²) in [5.74, 6) is 0.786. The zero-order valence-corrected chi connectivity index (χ0v) is 16.6. The van der Waals surface area contributed by atoms with E-state index in [2.05, 4.69) is 6.07 Å². The van der Waals surface area contributed by atoms with E-state index in [1.165, 1.54) is 30.9 Å². The summed E-state index contributed by atoms with van der Waals surface area (Å²) in [4.78, 5) is 22.6. The normalized spacial score (nSPS) is 25.3. The second-order valence-corrected chi connectivity index (χ2v) is 8.25. The number of carboxylic acids is 1. The molecule has 2 aliphatic rings. The van der Waals surface area contributed by atoms with Crippen LogP contribution in [0.1, 0.15) is 50.7 Å². The van der Waals surface area contributed by atoms with E-state index in [1.807, 2.05) is 19.1 Å². The summed E-state index contributed by atoms with van der Waals surface area (Å²) in [6, 6.07) is 5.94. The van der Waals surface area contributed by atoms with Gasteiger partial charge in [-0.3, -0.25) is 0 Å². The van der Waals surface area contributed by atoms with Gasteiger partial charge in [0.05, 0.1) is 6.10 Å². The van der Waals surface area contributed by atoms with Gasteiger partial charge in [-0.05, 0) is 87.3 Å². The second-order valence-electron chi connectivity index (χ2n) is 8.25. The number of carboxylic acid groups (broad SMARTS) is 1. The first-order valence-electron chi connectivity index (χ1n) is 10.2. The summed E-state index contributed by atoms with van der Waals surface area (Å²) in [5, 5.41) is 18.4. The van der Waals surface area contributed by atoms with Crippen molar-refractivity contribution >= 4 is 11.9 Å². The third-order valence-electron chi connectivity index (χ3n) is 6.23. The predicted molar refractivity (Wildman–Crippen MR) is 103 cm³/mol. The molecule has 6 heteroatoms. The van der Waals surface area contributed by atoms with Crippen molar-refractivity contribution in [2.75, 3.05) is 6.61 Å². The van der Waals surface area contributed by atoms with Crippen LogP contribution in [0.25, 0.3) is 0 Å². The Morgan fingerprint density at radius 1 is 1.21 bits per heavy atom. The van der Waals surface area contributed by atoms with Crippen molar-refractivity contribution in [1.82, 2.24) is 0 Å². The fourth-order valence-electron chi connectivity index (χ4n) is 4.75. The largest absolute Gasteiger partial charge is 0.482 e. The van der Waals surface area contributed by atoms with E-state index >= 15 is 0 Å². The molecule has 154 valence electrons. The SMILES string of the molecule is CC(O)CCC1CCC2Cc3c(cccc3OCC(=O)OC(C)C(=O)O)CC12. The van der Waals surface area contributed by atoms with Gasteiger partial charge in [0, 0.05) is 0 Å². The highest BCUT2D eigenvalue weighted by Gasteiger charge is 2.39. The molecule has 5 atom stereocenters. The number of carbonyl (C=O) groups excluding carboxylic acids is 1. The molecule has 0 aliphatic heterocycles. The standard InChI is InChI=1S/C22H30O6/c1-13(23)6-7-15-8-9-17-11-19-16(10-18(15)17)4-3-5-20(19)27-12-21(24)28-14(2)22(25)26/h3-5,13-15,17-18,23H,6-12H2,1-2H3,(H,25,26). The smallest absolute Gasteiger partial charge is 0.345 e. The van der Waals surface area contributed by atoms with Crippen LogP contribution in [0.4, 0.5) is 0 Å². The lowest BCUT2D eigenvalue weighted by Crippen LogP contribution is -2.28. The topological polar surface area (TPSA) is 93.1 Å². The Labute approximate surface area is 165 Å². The minimum absolute atomic E-state index is 0.237. The molecule has 1 fully saturated rings. The number of benzene rings is 1. The Balaban J connectivity index is 1.63. The molecule has 0 heterocycles. The van der Waals surface area contributed by atoms with Crippen molar-refractivity contribution < 1.29 is 29.3 Å². The number of hydrogen-bond donors (Lipinski definition) is 2. The molecule has 0 radical (unpaired) electrons. The summed E-state index contributed by atoms with van der Waals surface area (Å²) in [5.41, 5.74) is 2.44. The third-order valence-corrected chi connectivity index (χ3v) is 6.23. The number of rotatable bonds is 8. The van der Waals surface area contributed by atoms with Crippen molar-refractivity contribution in [3.8, 4) is 5.75 Å². The molecule has 1 saturated carbocycles. The number of hydrogen-bond acceptors (Lipinski definition) is 5. The van der Waals surface area contributed by atoms with Crippen LogP contribution in [0.15, 0.2) is 18.2 Å². The highest BCUT2D eigenvalue weighted by molar-refractivity contribution is 5.78. The van der Waals surface area contributed by atoms with Gasteiger partial charge in [0.25, 0.3) is 0 Å². The van der Waals surface area contributed by atoms with E-state index in [1.54, 1.807) is 0 Å². The molecule has 0 aromatic heterocycles. The highest BCUT2D eigenvalue weighted by Crippen LogP contribution is 2.48. The van der Waals surface area contributed by atoms with Gasteiger partial charge >= 0.3 is 11.9 Å². The van der Waals surface area contributed by atoms with Crippen molar-refractivity contribution in [2.24, 2.45) is 17.8 Å². The molecule has 28 heavy (non-hydrogen) atoms. The van der Waals surface area contributed by atoms with Crippen LogP contribution in [-0.4, -0.2) is 41.0 Å². The molecule has 3 rings (SSSR count). The molecule has 0 amide bonds. The van der Waals surface area contributed by atoms with Crippen molar-refractivity contribution in [1.29, 1.82) is 0 Å². The summed E-state index contributed by atoms with van der Waals surface area (Å²) < 4.78 is 10.5. The van der Waals surface area contributed by atoms with Gasteiger partial charge in [0.1, 0.15) is 5.75 Å². The number of ether oxygens (including phenoxy) is 2. The Kier molecular flexibility index (Phi) is 6.60. The van der Waals surface area contributed by atoms with Crippen LogP contribution in [0.2, 0.25) is 0 Å². The monoisotopic (exact) mass is 390 g/mol. The van der Waals surface area contributed by atoms with Gasteiger partial charge in [0.2, 0.25) is 0 Å². The number of aliphatic carboxylic acids is 1. The third kappa shape index (κ3) is 4.85. The van der Waals surface area contributed by atoms with Crippen LogP contribution in [-0.2, 0) is 27.2 Å². The van der Waals surface area contributed by atoms with Gasteiger partial charge < -0.3 is 19.7 Å². The zero-order valence-electron chi connectivity index (χ0n) is 16.6. The predicted octanol–water partition coefficient (Wildman–Crippen LogP) is 2.98. The molecule has 2 aliphatic carbocycles. The van der Waals surface area contributed by atoms with Gasteiger partial charge in [-0.15, -0.1) is 0 Å². The van der Waals surface area contributed by atoms with Crippen LogP contribution < -0.4 is 4.74 Å². The van der Waals surface area contributed by atoms with Crippen LogP contribution in [0.5, 0.6) is 5.75 Å². The van der Waals surface area contributed by atoms with Crippen LogP contribution in [0.3, 0.4) is 0 Å². The maximum absolute atomic E-state index is 11.8. The average Bonchev–Trinajstić information content (AvgIpc) is 3.04. The van der Waals surface area contributed by atoms with E-state index in [0.29, 0.717) is 23.5 Å². The number of fused-ring (bicyclic) bond motifs is 2. The minimum atomic E-state index is -1.18. The van der Waals surface area contributed by atoms with Crippen molar-refractivity contribution in [3.05, 3.63) is 29.3 Å². The molecule has 2 N–H and O–H groups in total. The average molecular weight is 390 g/mol. The molecule has 0 spiro atoms. The summed E-state index contributed by atoms with van der Waals surface area (Å²) in [7, 11) is 0. The second kappa shape index (κ2) is 8.95. The molecule has 0 saturated heterocycles. The summed E-state index contributed by atoms with van der Waals surface area (Å²) in [6.45, 7) is 2.88. The van der Waals surface area contributed by atoms with Gasteiger partial charge in [-0.2, -0.15) is 0 Å². The summed E-state index contributed by atoms with van der Waals surface area (Å²) >= 11 is 0. The Hall–Kier alpha value is -2.08. The van der Waals surface area contributed by atoms with E-state index < -0.39 is 18.0 Å². The van der Waals surface area contributed by atoms with Crippen LogP contribution in [0, 0.1) is 17.8 Å². The molecular weight excluding hydrogens is 360 g/mol. The molecule has 6 nitrogen and oxygen atoms in total. The van der Waals surface area contributed by atoms with Crippen molar-refractivity contribution in [3.63, 3.8) is 0 Å². The quantitative estimate of drug-likeness (QED) is 0.663. The number of aliphatic hydroxyl groups is 1. The van der Waals surface area contributed by atoms with Gasteiger partial charge in [-0.25, -0.2) is 9.59 Å². The van der Waals surface area contributed by atoms with Gasteiger partial charge in [-0.1, -0.05) is 12.1 Å². The molecule has 5 unspecified atom stereocenters. The molecule has 0 bridgehead atoms. The minimum Gasteiger partial charge on any atom is -0.482 e. The van der Waals surface area contributed by atoms with E-state index in [4.69, 9.17) is 14.6 Å². The fraction of sp³-hybridized carbons (Fsp3) is 0.636. The van der Waals surface area contributed by atoms with E-state index in [0.717, 1.165) is 25.7 Å². The maximum atomic E-state index is 11.8. The first-order valence-corrected chi connectivity index (χ1v) is 10.2. The number of carbonyl (C=O) groups is 2. The Morgan fingerprint density at radius 2 is 2.00 bits per heavy atom.